The molecule has 0 heterocycles. The number of halogens is 3. The molecule has 0 aliphatic carbocycles. The zero-order valence-electron chi connectivity index (χ0n) is 8.95. The van der Waals surface area contributed by atoms with Gasteiger partial charge in [-0.2, -0.15) is 0 Å². The van der Waals surface area contributed by atoms with Crippen LogP contribution in [0.5, 0.6) is 0 Å². The van der Waals surface area contributed by atoms with Gasteiger partial charge in [-0.3, -0.25) is 0 Å². The first-order valence-electron chi connectivity index (χ1n) is 4.97. The number of aromatic carboxylic acids is 1. The monoisotopic (exact) mass is 268 g/mol. The van der Waals surface area contributed by atoms with Crippen LogP contribution < -0.4 is 0 Å². The predicted octanol–water partition coefficient (Wildman–Crippen LogP) is 3.98. The largest absolute Gasteiger partial charge is 0.478 e. The second-order valence-electron chi connectivity index (χ2n) is 3.62. The van der Waals surface area contributed by atoms with Gasteiger partial charge in [-0.15, -0.1) is 0 Å². The molecule has 2 aromatic carbocycles. The van der Waals surface area contributed by atoms with Gasteiger partial charge in [0.25, 0.3) is 0 Å². The number of carboxylic acids is 1. The minimum atomic E-state index is -1.23. The number of benzene rings is 2. The van der Waals surface area contributed by atoms with Crippen molar-refractivity contribution in [2.24, 2.45) is 0 Å². The summed E-state index contributed by atoms with van der Waals surface area (Å²) in [4.78, 5) is 11.1. The molecule has 0 unspecified atom stereocenters. The average molecular weight is 269 g/mol. The van der Waals surface area contributed by atoms with Crippen LogP contribution in [-0.2, 0) is 0 Å². The Kier molecular flexibility index (Phi) is 3.30. The van der Waals surface area contributed by atoms with Crippen molar-refractivity contribution in [3.63, 3.8) is 0 Å². The van der Waals surface area contributed by atoms with Crippen molar-refractivity contribution in [3.8, 4) is 11.1 Å². The van der Waals surface area contributed by atoms with E-state index in [1.54, 1.807) is 0 Å². The number of rotatable bonds is 2. The summed E-state index contributed by atoms with van der Waals surface area (Å²) in [6.07, 6.45) is 0. The fourth-order valence-corrected chi connectivity index (χ4v) is 1.81. The van der Waals surface area contributed by atoms with E-state index in [-0.39, 0.29) is 21.7 Å². The zero-order chi connectivity index (χ0) is 13.3. The molecule has 0 aromatic heterocycles. The molecule has 1 N–H and O–H groups in total. The van der Waals surface area contributed by atoms with Gasteiger partial charge in [0.2, 0.25) is 0 Å². The number of hydrogen-bond acceptors (Lipinski definition) is 1. The molecule has 92 valence electrons. The van der Waals surface area contributed by atoms with Crippen LogP contribution in [0.2, 0.25) is 5.02 Å². The molecule has 0 aliphatic heterocycles. The minimum absolute atomic E-state index is 0.0190. The van der Waals surface area contributed by atoms with Crippen LogP contribution in [0, 0.1) is 11.6 Å². The van der Waals surface area contributed by atoms with Crippen LogP contribution in [0.1, 0.15) is 10.4 Å². The van der Waals surface area contributed by atoms with E-state index >= 15 is 0 Å². The van der Waals surface area contributed by atoms with Crippen molar-refractivity contribution >= 4 is 17.6 Å². The first-order valence-corrected chi connectivity index (χ1v) is 5.35. The van der Waals surface area contributed by atoms with E-state index in [1.165, 1.54) is 24.3 Å². The maximum absolute atomic E-state index is 13.6. The highest BCUT2D eigenvalue weighted by molar-refractivity contribution is 6.31. The lowest BCUT2D eigenvalue weighted by atomic mass is 9.99. The third-order valence-corrected chi connectivity index (χ3v) is 2.67. The Morgan fingerprint density at radius 3 is 2.33 bits per heavy atom. The van der Waals surface area contributed by atoms with Crippen molar-refractivity contribution in [2.45, 2.75) is 0 Å². The molecule has 0 amide bonds. The number of hydrogen-bond donors (Lipinski definition) is 1. The Hall–Kier alpha value is -1.94. The summed E-state index contributed by atoms with van der Waals surface area (Å²) in [6, 6.07) is 7.03. The van der Waals surface area contributed by atoms with Gasteiger partial charge in [0.1, 0.15) is 11.6 Å². The lowest BCUT2D eigenvalue weighted by molar-refractivity contribution is 0.0697. The van der Waals surface area contributed by atoms with Gasteiger partial charge in [0, 0.05) is 16.7 Å². The van der Waals surface area contributed by atoms with E-state index in [0.29, 0.717) is 6.07 Å². The summed E-state index contributed by atoms with van der Waals surface area (Å²) in [6.45, 7) is 0. The highest BCUT2D eigenvalue weighted by atomic mass is 35.5. The molecular formula is C13H7ClF2O2. The normalized spacial score (nSPS) is 10.4. The smallest absolute Gasteiger partial charge is 0.336 e. The second kappa shape index (κ2) is 4.74. The molecule has 0 bridgehead atoms. The van der Waals surface area contributed by atoms with Gasteiger partial charge < -0.3 is 5.11 Å². The first kappa shape index (κ1) is 12.5. The van der Waals surface area contributed by atoms with Crippen molar-refractivity contribution < 1.29 is 18.7 Å². The molecule has 0 atom stereocenters. The summed E-state index contributed by atoms with van der Waals surface area (Å²) in [5.41, 5.74) is 0.0443. The molecule has 0 saturated carbocycles. The van der Waals surface area contributed by atoms with Crippen molar-refractivity contribution in [3.05, 3.63) is 58.6 Å². The van der Waals surface area contributed by atoms with Gasteiger partial charge in [-0.1, -0.05) is 17.7 Å². The van der Waals surface area contributed by atoms with E-state index in [1.807, 2.05) is 0 Å². The van der Waals surface area contributed by atoms with E-state index in [4.69, 9.17) is 16.7 Å². The molecule has 0 saturated heterocycles. The highest BCUT2D eigenvalue weighted by Crippen LogP contribution is 2.29. The molecular weight excluding hydrogens is 262 g/mol. The summed E-state index contributed by atoms with van der Waals surface area (Å²) in [7, 11) is 0. The van der Waals surface area contributed by atoms with Gasteiger partial charge in [-0.05, 0) is 29.8 Å². The Morgan fingerprint density at radius 2 is 1.72 bits per heavy atom. The van der Waals surface area contributed by atoms with Crippen molar-refractivity contribution in [2.75, 3.05) is 0 Å². The Labute approximate surface area is 106 Å². The third kappa shape index (κ3) is 2.33. The number of carbonyl (C=O) groups is 1. The van der Waals surface area contributed by atoms with Crippen molar-refractivity contribution in [1.29, 1.82) is 0 Å². The van der Waals surface area contributed by atoms with Gasteiger partial charge in [-0.25, -0.2) is 13.6 Å². The van der Waals surface area contributed by atoms with E-state index in [2.05, 4.69) is 0 Å². The van der Waals surface area contributed by atoms with Crippen LogP contribution in [0.15, 0.2) is 36.4 Å². The van der Waals surface area contributed by atoms with Crippen LogP contribution in [-0.4, -0.2) is 11.1 Å². The molecule has 0 radical (unpaired) electrons. The zero-order valence-corrected chi connectivity index (χ0v) is 9.71. The van der Waals surface area contributed by atoms with E-state index in [0.717, 1.165) is 6.07 Å². The van der Waals surface area contributed by atoms with Crippen LogP contribution in [0.4, 0.5) is 8.78 Å². The standard InChI is InChI=1S/C13H7ClF2O2/c14-7-1-3-9(11(5-7)13(17)18)10-4-2-8(15)6-12(10)16/h1-6H,(H,17,18). The number of carboxylic acid groups (broad SMARTS) is 1. The quantitative estimate of drug-likeness (QED) is 0.894. The highest BCUT2D eigenvalue weighted by Gasteiger charge is 2.15. The Morgan fingerprint density at radius 1 is 1.06 bits per heavy atom. The summed E-state index contributed by atoms with van der Waals surface area (Å²) in [5, 5.41) is 9.28. The molecule has 2 nitrogen and oxygen atoms in total. The van der Waals surface area contributed by atoms with E-state index in [9.17, 15) is 13.6 Å². The molecule has 0 aliphatic rings. The Bertz CT molecular complexity index is 626. The summed E-state index contributed by atoms with van der Waals surface area (Å²) < 4.78 is 26.4. The first-order chi connectivity index (χ1) is 8.49. The fourth-order valence-electron chi connectivity index (χ4n) is 1.64. The molecule has 2 aromatic rings. The molecule has 2 rings (SSSR count). The molecule has 0 spiro atoms. The van der Waals surface area contributed by atoms with Gasteiger partial charge >= 0.3 is 5.97 Å². The van der Waals surface area contributed by atoms with Gasteiger partial charge in [0.15, 0.2) is 0 Å². The minimum Gasteiger partial charge on any atom is -0.478 e. The van der Waals surface area contributed by atoms with Crippen LogP contribution in [0.25, 0.3) is 11.1 Å². The van der Waals surface area contributed by atoms with Gasteiger partial charge in [0.05, 0.1) is 5.56 Å². The maximum Gasteiger partial charge on any atom is 0.336 e. The average Bonchev–Trinajstić information content (AvgIpc) is 2.29. The summed E-state index contributed by atoms with van der Waals surface area (Å²) >= 11 is 5.70. The molecule has 18 heavy (non-hydrogen) atoms. The lowest BCUT2D eigenvalue weighted by Gasteiger charge is -2.08. The third-order valence-electron chi connectivity index (χ3n) is 2.43. The fraction of sp³-hybridized carbons (Fsp3) is 0. The Balaban J connectivity index is 2.67. The SMILES string of the molecule is O=C(O)c1cc(Cl)ccc1-c1ccc(F)cc1F. The topological polar surface area (TPSA) is 37.3 Å². The maximum atomic E-state index is 13.6. The van der Waals surface area contributed by atoms with Crippen molar-refractivity contribution in [1.82, 2.24) is 0 Å². The second-order valence-corrected chi connectivity index (χ2v) is 4.06. The molecule has 0 fully saturated rings. The summed E-state index contributed by atoms with van der Waals surface area (Å²) in [5.74, 6) is -2.77. The predicted molar refractivity (Wildman–Crippen MR) is 63.8 cm³/mol. The van der Waals surface area contributed by atoms with E-state index < -0.39 is 17.6 Å². The lowest BCUT2D eigenvalue weighted by Crippen LogP contribution is -2.00. The van der Waals surface area contributed by atoms with Crippen LogP contribution >= 0.6 is 11.6 Å². The van der Waals surface area contributed by atoms with Crippen LogP contribution in [0.3, 0.4) is 0 Å². The molecule has 5 heteroatoms.